The highest BCUT2D eigenvalue weighted by Crippen LogP contribution is 2.30. The van der Waals surface area contributed by atoms with Gasteiger partial charge in [0, 0.05) is 29.5 Å². The van der Waals surface area contributed by atoms with Crippen molar-refractivity contribution in [2.24, 2.45) is 32.8 Å². The van der Waals surface area contributed by atoms with Crippen LogP contribution in [0.2, 0.25) is 0 Å². The first-order chi connectivity index (χ1) is 18.8. The van der Waals surface area contributed by atoms with E-state index in [0.717, 1.165) is 28.4 Å². The van der Waals surface area contributed by atoms with Crippen molar-refractivity contribution >= 4 is 23.0 Å². The molecular formula is C32H42N6O. The van der Waals surface area contributed by atoms with Crippen molar-refractivity contribution in [2.45, 2.75) is 60.9 Å². The molecule has 3 N–H and O–H groups in total. The number of benzene rings is 1. The summed E-state index contributed by atoms with van der Waals surface area (Å²) in [6, 6.07) is 9.57. The monoisotopic (exact) mass is 526 g/mol. The van der Waals surface area contributed by atoms with E-state index in [1.54, 1.807) is 6.20 Å². The largest absolute Gasteiger partial charge is 0.396 e. The molecule has 0 fully saturated rings. The Morgan fingerprint density at radius 3 is 2.56 bits per heavy atom. The van der Waals surface area contributed by atoms with Crippen molar-refractivity contribution in [1.29, 1.82) is 0 Å². The average molecular weight is 527 g/mol. The second-order valence-electron chi connectivity index (χ2n) is 9.70. The number of Topliss-reactive ketones (excluding diaryl/α,β-unsaturated/α-hetero) is 1. The second kappa shape index (κ2) is 13.2. The number of carbonyl (C=O) groups excluding carboxylic acids is 1. The summed E-state index contributed by atoms with van der Waals surface area (Å²) in [5.74, 6) is 0.898. The van der Waals surface area contributed by atoms with Gasteiger partial charge >= 0.3 is 0 Å². The summed E-state index contributed by atoms with van der Waals surface area (Å²) in [5, 5.41) is 12.2. The molecular weight excluding hydrogens is 484 g/mol. The van der Waals surface area contributed by atoms with E-state index in [1.807, 2.05) is 69.0 Å². The normalized spacial score (nSPS) is 22.1. The lowest BCUT2D eigenvalue weighted by atomic mass is 9.88. The Kier molecular flexibility index (Phi) is 9.99. The standard InChI is InChI=1S/C30H36N6O.C2H6/c1-7-12-22(8-2)20(5)25-15-26(35-34-25)29(37)28-19(4)18(3)27(33-28)17-36-21(6)24(31)16-32-30(36)23-13-10-9-11-14-23;1-2/h7-14,16,19-20,28,33H,6,15,17,31H2,1-5H3;1-2H3/b12-7-,22-8+;. The first-order valence-corrected chi connectivity index (χ1v) is 13.7. The summed E-state index contributed by atoms with van der Waals surface area (Å²) in [6.45, 7) is 19.0. The molecule has 1 aromatic rings. The minimum Gasteiger partial charge on any atom is -0.396 e. The smallest absolute Gasteiger partial charge is 0.202 e. The first-order valence-electron chi connectivity index (χ1n) is 13.7. The van der Waals surface area contributed by atoms with Gasteiger partial charge in [-0.2, -0.15) is 10.2 Å². The summed E-state index contributed by atoms with van der Waals surface area (Å²) < 4.78 is 0. The third kappa shape index (κ3) is 6.19. The van der Waals surface area contributed by atoms with Crippen LogP contribution in [0.4, 0.5) is 0 Å². The molecule has 3 aliphatic heterocycles. The maximum absolute atomic E-state index is 13.6. The van der Waals surface area contributed by atoms with Gasteiger partial charge in [0.1, 0.15) is 11.5 Å². The number of amidine groups is 1. The van der Waals surface area contributed by atoms with Crippen molar-refractivity contribution < 1.29 is 4.79 Å². The molecule has 0 saturated heterocycles. The molecule has 1 aromatic carbocycles. The maximum Gasteiger partial charge on any atom is 0.202 e. The molecule has 39 heavy (non-hydrogen) atoms. The highest BCUT2D eigenvalue weighted by atomic mass is 16.1. The molecule has 4 rings (SSSR count). The number of aliphatic imine (C=N–C) groups is 1. The van der Waals surface area contributed by atoms with Gasteiger partial charge in [-0.1, -0.05) is 82.8 Å². The van der Waals surface area contributed by atoms with Gasteiger partial charge in [-0.05, 0) is 31.9 Å². The molecule has 0 spiro atoms. The van der Waals surface area contributed by atoms with Crippen molar-refractivity contribution in [3.05, 3.63) is 95.1 Å². The predicted octanol–water partition coefficient (Wildman–Crippen LogP) is 5.90. The lowest BCUT2D eigenvalue weighted by Gasteiger charge is -2.31. The van der Waals surface area contributed by atoms with Crippen molar-refractivity contribution in [3.8, 4) is 0 Å². The Morgan fingerprint density at radius 2 is 1.92 bits per heavy atom. The molecule has 0 amide bonds. The van der Waals surface area contributed by atoms with E-state index in [4.69, 9.17) is 5.73 Å². The van der Waals surface area contributed by atoms with Gasteiger partial charge in [0.05, 0.1) is 35.9 Å². The number of rotatable bonds is 8. The molecule has 3 heterocycles. The van der Waals surface area contributed by atoms with Crippen LogP contribution in [0.1, 0.15) is 60.5 Å². The van der Waals surface area contributed by atoms with Gasteiger partial charge < -0.3 is 16.0 Å². The van der Waals surface area contributed by atoms with Crippen molar-refractivity contribution in [2.75, 3.05) is 6.54 Å². The lowest BCUT2D eigenvalue weighted by Crippen LogP contribution is -2.43. The fourth-order valence-corrected chi connectivity index (χ4v) is 4.92. The minimum atomic E-state index is -0.390. The van der Waals surface area contributed by atoms with Crippen LogP contribution in [0, 0.1) is 11.8 Å². The maximum atomic E-state index is 13.6. The Labute approximate surface area is 233 Å². The zero-order valence-electron chi connectivity index (χ0n) is 24.3. The molecule has 3 atom stereocenters. The van der Waals surface area contributed by atoms with Crippen LogP contribution in [0.3, 0.4) is 0 Å². The molecule has 0 saturated carbocycles. The van der Waals surface area contributed by atoms with Crippen molar-refractivity contribution in [1.82, 2.24) is 10.2 Å². The molecule has 7 heteroatoms. The van der Waals surface area contributed by atoms with Gasteiger partial charge in [0.2, 0.25) is 5.78 Å². The predicted molar refractivity (Wildman–Crippen MR) is 163 cm³/mol. The van der Waals surface area contributed by atoms with Crippen LogP contribution < -0.4 is 11.1 Å². The highest BCUT2D eigenvalue weighted by Gasteiger charge is 2.38. The Hall–Kier alpha value is -4.00. The summed E-state index contributed by atoms with van der Waals surface area (Å²) in [7, 11) is 0. The average Bonchev–Trinajstić information content (AvgIpc) is 3.56. The van der Waals surface area contributed by atoms with E-state index >= 15 is 0 Å². The van der Waals surface area contributed by atoms with E-state index in [2.05, 4.69) is 60.0 Å². The van der Waals surface area contributed by atoms with Crippen LogP contribution in [0.25, 0.3) is 0 Å². The van der Waals surface area contributed by atoms with E-state index in [0.29, 0.717) is 30.1 Å². The Bertz CT molecular complexity index is 1310. The van der Waals surface area contributed by atoms with E-state index in [9.17, 15) is 4.79 Å². The number of nitrogens with zero attached hydrogens (tertiary/aromatic N) is 4. The van der Waals surface area contributed by atoms with Gasteiger partial charge in [-0.3, -0.25) is 4.79 Å². The fourth-order valence-electron chi connectivity index (χ4n) is 4.92. The topological polar surface area (TPSA) is 95.4 Å². The molecule has 206 valence electrons. The van der Waals surface area contributed by atoms with E-state index in [1.165, 1.54) is 5.57 Å². The van der Waals surface area contributed by atoms with Crippen LogP contribution in [0.15, 0.2) is 105 Å². The number of nitrogens with two attached hydrogens (primary N) is 1. The van der Waals surface area contributed by atoms with E-state index < -0.39 is 6.04 Å². The molecule has 7 nitrogen and oxygen atoms in total. The third-order valence-corrected chi connectivity index (χ3v) is 7.48. The van der Waals surface area contributed by atoms with Crippen LogP contribution in [0.5, 0.6) is 0 Å². The number of carbonyl (C=O) groups is 1. The van der Waals surface area contributed by atoms with Gasteiger partial charge in [-0.25, -0.2) is 4.99 Å². The number of hydrogen-bond donors (Lipinski definition) is 2. The zero-order chi connectivity index (χ0) is 28.7. The fraction of sp³-hybridized carbons (Fsp3) is 0.375. The molecule has 0 aliphatic carbocycles. The SMILES string of the molecule is C=C1C(N)=CN=C(c2ccccc2)N1CC1=C(C)C(C)C(C(=O)C2=NN=C(C(C)C(/C=C\C)=C/C)C2)N1.CC. The van der Waals surface area contributed by atoms with Gasteiger partial charge in [0.25, 0.3) is 0 Å². The van der Waals surface area contributed by atoms with Gasteiger partial charge in [0.15, 0.2) is 0 Å². The summed E-state index contributed by atoms with van der Waals surface area (Å²) in [5.41, 5.74) is 13.1. The minimum absolute atomic E-state index is 0.00491. The van der Waals surface area contributed by atoms with Crippen LogP contribution in [-0.2, 0) is 4.79 Å². The number of hydrogen-bond acceptors (Lipinski definition) is 7. The summed E-state index contributed by atoms with van der Waals surface area (Å²) >= 11 is 0. The summed E-state index contributed by atoms with van der Waals surface area (Å²) in [4.78, 5) is 20.2. The molecule has 3 aliphatic rings. The van der Waals surface area contributed by atoms with Crippen LogP contribution in [-0.4, -0.2) is 40.5 Å². The highest BCUT2D eigenvalue weighted by molar-refractivity contribution is 6.46. The lowest BCUT2D eigenvalue weighted by molar-refractivity contribution is -0.115. The Balaban J connectivity index is 0.00000205. The van der Waals surface area contributed by atoms with Gasteiger partial charge in [-0.15, -0.1) is 0 Å². The molecule has 3 unspecified atom stereocenters. The zero-order valence-corrected chi connectivity index (χ0v) is 24.3. The second-order valence-corrected chi connectivity index (χ2v) is 9.70. The summed E-state index contributed by atoms with van der Waals surface area (Å²) in [6.07, 6.45) is 8.30. The molecule has 0 aromatic heterocycles. The molecule has 0 radical (unpaired) electrons. The molecule has 0 bridgehead atoms. The number of ketones is 1. The third-order valence-electron chi connectivity index (χ3n) is 7.48. The van der Waals surface area contributed by atoms with E-state index in [-0.39, 0.29) is 17.6 Å². The quantitative estimate of drug-likeness (QED) is 0.412. The van der Waals surface area contributed by atoms with Crippen LogP contribution >= 0.6 is 0 Å². The number of allylic oxidation sites excluding steroid dienone is 4. The number of nitrogens with one attached hydrogen (secondary N) is 1. The van der Waals surface area contributed by atoms with Crippen molar-refractivity contribution in [3.63, 3.8) is 0 Å². The Morgan fingerprint density at radius 1 is 1.23 bits per heavy atom. The first kappa shape index (κ1) is 29.6.